The summed E-state index contributed by atoms with van der Waals surface area (Å²) < 4.78 is 52.2. The predicted molar refractivity (Wildman–Crippen MR) is 101 cm³/mol. The van der Waals surface area contributed by atoms with Gasteiger partial charge in [0.25, 0.3) is 0 Å². The van der Waals surface area contributed by atoms with Crippen LogP contribution in [0.25, 0.3) is 0 Å². The molecule has 1 rings (SSSR count). The van der Waals surface area contributed by atoms with Crippen molar-refractivity contribution in [1.82, 2.24) is 0 Å². The average molecular weight is 409 g/mol. The largest absolute Gasteiger partial charge is 0.573 e. The Labute approximate surface area is 160 Å². The Kier molecular flexibility index (Phi) is 8.79. The molecular formula is C19H31F3O4Si. The lowest BCUT2D eigenvalue weighted by molar-refractivity contribution is -0.274. The molecule has 4 nitrogen and oxygen atoms in total. The Balaban J connectivity index is 2.46. The van der Waals surface area contributed by atoms with Gasteiger partial charge in [-0.05, 0) is 48.7 Å². The number of hydrogen-bond donors (Lipinski definition) is 1. The van der Waals surface area contributed by atoms with Gasteiger partial charge in [-0.25, -0.2) is 0 Å². The van der Waals surface area contributed by atoms with Gasteiger partial charge >= 0.3 is 6.36 Å². The van der Waals surface area contributed by atoms with E-state index in [2.05, 4.69) is 38.6 Å². The summed E-state index contributed by atoms with van der Waals surface area (Å²) in [5.74, 6) is -0.253. The van der Waals surface area contributed by atoms with E-state index in [-0.39, 0.29) is 30.1 Å². The van der Waals surface area contributed by atoms with Crippen molar-refractivity contribution in [3.05, 3.63) is 29.8 Å². The summed E-state index contributed by atoms with van der Waals surface area (Å²) in [5.41, 5.74) is 0.758. The van der Waals surface area contributed by atoms with E-state index in [9.17, 15) is 18.3 Å². The number of alkyl halides is 3. The van der Waals surface area contributed by atoms with E-state index < -0.39 is 14.7 Å². The van der Waals surface area contributed by atoms with Crippen molar-refractivity contribution in [2.45, 2.75) is 70.8 Å². The van der Waals surface area contributed by atoms with Crippen molar-refractivity contribution in [1.29, 1.82) is 0 Å². The smallest absolute Gasteiger partial charge is 0.414 e. The number of rotatable bonds is 10. The molecule has 0 bridgehead atoms. The standard InChI is InChI=1S/C19H31F3O4Si/c1-18(2,3)27(4,5)26-17(10-12-23)11-13-24-14-15-6-8-16(9-7-15)25-19(20,21)22/h6-9,17,23H,10-14H2,1-5H3. The highest BCUT2D eigenvalue weighted by Crippen LogP contribution is 2.38. The second-order valence-corrected chi connectivity index (χ2v) is 12.8. The Hall–Kier alpha value is -1.09. The Morgan fingerprint density at radius 1 is 1.04 bits per heavy atom. The van der Waals surface area contributed by atoms with Gasteiger partial charge in [0.2, 0.25) is 0 Å². The highest BCUT2D eigenvalue weighted by atomic mass is 28.4. The fraction of sp³-hybridized carbons (Fsp3) is 0.684. The van der Waals surface area contributed by atoms with Crippen molar-refractivity contribution < 1.29 is 32.2 Å². The molecule has 0 spiro atoms. The molecule has 1 unspecified atom stereocenters. The third kappa shape index (κ3) is 9.10. The fourth-order valence-electron chi connectivity index (χ4n) is 2.19. The lowest BCUT2D eigenvalue weighted by Crippen LogP contribution is -2.44. The first-order chi connectivity index (χ1) is 12.3. The fourth-order valence-corrected chi connectivity index (χ4v) is 3.61. The highest BCUT2D eigenvalue weighted by Gasteiger charge is 2.38. The molecule has 0 fully saturated rings. The maximum absolute atomic E-state index is 12.1. The minimum absolute atomic E-state index is 0.0555. The Bertz CT molecular complexity index is 554. The first-order valence-corrected chi connectivity index (χ1v) is 12.0. The van der Waals surface area contributed by atoms with Crippen LogP contribution in [0.3, 0.4) is 0 Å². The van der Waals surface area contributed by atoms with Gasteiger partial charge < -0.3 is 19.0 Å². The lowest BCUT2D eigenvalue weighted by Gasteiger charge is -2.39. The van der Waals surface area contributed by atoms with Crippen molar-refractivity contribution in [3.8, 4) is 5.75 Å². The molecule has 1 aromatic carbocycles. The van der Waals surface area contributed by atoms with Crippen LogP contribution >= 0.6 is 0 Å². The Morgan fingerprint density at radius 2 is 1.63 bits per heavy atom. The molecule has 0 aliphatic heterocycles. The maximum atomic E-state index is 12.1. The van der Waals surface area contributed by atoms with Crippen LogP contribution in [0, 0.1) is 0 Å². The second kappa shape index (κ2) is 9.91. The third-order valence-electron chi connectivity index (χ3n) is 4.73. The highest BCUT2D eigenvalue weighted by molar-refractivity contribution is 6.74. The molecule has 0 heterocycles. The van der Waals surface area contributed by atoms with Gasteiger partial charge in [0.05, 0.1) is 6.61 Å². The number of halogens is 3. The summed E-state index contributed by atoms with van der Waals surface area (Å²) in [5, 5.41) is 9.37. The molecule has 0 radical (unpaired) electrons. The predicted octanol–water partition coefficient (Wildman–Crippen LogP) is 5.26. The molecule has 0 amide bonds. The number of benzene rings is 1. The zero-order valence-corrected chi connectivity index (χ0v) is 17.7. The van der Waals surface area contributed by atoms with Crippen LogP contribution in [0.15, 0.2) is 24.3 Å². The summed E-state index contributed by atoms with van der Waals surface area (Å²) in [4.78, 5) is 0. The van der Waals surface area contributed by atoms with Crippen LogP contribution in [0.5, 0.6) is 5.75 Å². The molecule has 1 aromatic rings. The molecule has 0 saturated heterocycles. The first kappa shape index (κ1) is 23.9. The summed E-state index contributed by atoms with van der Waals surface area (Å²) >= 11 is 0. The zero-order chi connectivity index (χ0) is 20.7. The number of aliphatic hydroxyl groups is 1. The van der Waals surface area contributed by atoms with Crippen molar-refractivity contribution in [3.63, 3.8) is 0 Å². The van der Waals surface area contributed by atoms with Crippen LogP contribution in [-0.4, -0.2) is 39.1 Å². The van der Waals surface area contributed by atoms with Crippen LogP contribution in [0.4, 0.5) is 13.2 Å². The van der Waals surface area contributed by atoms with Crippen LogP contribution in [0.2, 0.25) is 18.1 Å². The molecule has 27 heavy (non-hydrogen) atoms. The van der Waals surface area contributed by atoms with E-state index in [1.54, 1.807) is 12.1 Å². The van der Waals surface area contributed by atoms with Gasteiger partial charge in [-0.15, -0.1) is 13.2 Å². The van der Waals surface area contributed by atoms with Gasteiger partial charge in [0, 0.05) is 19.3 Å². The number of ether oxygens (including phenoxy) is 2. The second-order valence-electron chi connectivity index (χ2n) is 8.05. The van der Waals surface area contributed by atoms with Crippen LogP contribution < -0.4 is 4.74 Å². The topological polar surface area (TPSA) is 47.9 Å². The van der Waals surface area contributed by atoms with E-state index >= 15 is 0 Å². The van der Waals surface area contributed by atoms with Gasteiger partial charge in [-0.3, -0.25) is 0 Å². The molecule has 0 saturated carbocycles. The molecule has 1 N–H and O–H groups in total. The SMILES string of the molecule is CC(C)(C)[Si](C)(C)OC(CCO)CCOCc1ccc(OC(F)(F)F)cc1. The monoisotopic (exact) mass is 408 g/mol. The zero-order valence-electron chi connectivity index (χ0n) is 16.7. The van der Waals surface area contributed by atoms with E-state index in [0.717, 1.165) is 5.56 Å². The lowest BCUT2D eigenvalue weighted by atomic mass is 10.2. The minimum atomic E-state index is -4.69. The van der Waals surface area contributed by atoms with Gasteiger partial charge in [-0.2, -0.15) is 0 Å². The van der Waals surface area contributed by atoms with Crippen LogP contribution in [-0.2, 0) is 15.8 Å². The Morgan fingerprint density at radius 3 is 2.11 bits per heavy atom. The first-order valence-electron chi connectivity index (χ1n) is 9.05. The molecule has 0 aliphatic carbocycles. The molecule has 8 heteroatoms. The van der Waals surface area contributed by atoms with Gasteiger partial charge in [0.15, 0.2) is 8.32 Å². The minimum Gasteiger partial charge on any atom is -0.414 e. The normalized spacial score (nSPS) is 14.3. The van der Waals surface area contributed by atoms with Crippen molar-refractivity contribution in [2.24, 2.45) is 0 Å². The molecular weight excluding hydrogens is 377 g/mol. The summed E-state index contributed by atoms with van der Waals surface area (Å²) in [6, 6.07) is 5.61. The molecule has 156 valence electrons. The number of aliphatic hydroxyl groups excluding tert-OH is 1. The van der Waals surface area contributed by atoms with Crippen molar-refractivity contribution in [2.75, 3.05) is 13.2 Å². The summed E-state index contributed by atoms with van der Waals surface area (Å²) in [6.45, 7) is 11.6. The summed E-state index contributed by atoms with van der Waals surface area (Å²) in [7, 11) is -1.93. The quantitative estimate of drug-likeness (QED) is 0.423. The molecule has 1 atom stereocenters. The van der Waals surface area contributed by atoms with Crippen LogP contribution in [0.1, 0.15) is 39.2 Å². The molecule has 0 aliphatic rings. The van der Waals surface area contributed by atoms with E-state index in [1.165, 1.54) is 12.1 Å². The van der Waals surface area contributed by atoms with E-state index in [1.807, 2.05) is 0 Å². The average Bonchev–Trinajstić information content (AvgIpc) is 2.50. The van der Waals surface area contributed by atoms with E-state index in [4.69, 9.17) is 9.16 Å². The number of hydrogen-bond acceptors (Lipinski definition) is 4. The molecule has 0 aromatic heterocycles. The van der Waals surface area contributed by atoms with Gasteiger partial charge in [0.1, 0.15) is 5.75 Å². The van der Waals surface area contributed by atoms with Gasteiger partial charge in [-0.1, -0.05) is 32.9 Å². The van der Waals surface area contributed by atoms with E-state index in [0.29, 0.717) is 19.4 Å². The summed E-state index contributed by atoms with van der Waals surface area (Å²) in [6.07, 6.45) is -3.55. The van der Waals surface area contributed by atoms with Crippen molar-refractivity contribution >= 4 is 8.32 Å². The third-order valence-corrected chi connectivity index (χ3v) is 9.26. The maximum Gasteiger partial charge on any atom is 0.573 e.